The third-order valence-electron chi connectivity index (χ3n) is 0.115. The first-order valence-corrected chi connectivity index (χ1v) is 1.48. The molecule has 0 aromatic heterocycles. The molecular weight excluding hydrogens is 82.0 g/mol. The second kappa shape index (κ2) is 25.5. The third-order valence-corrected chi connectivity index (χ3v) is 0.115. The van der Waals surface area contributed by atoms with E-state index in [0.717, 1.165) is 7.11 Å². The lowest BCUT2D eigenvalue weighted by Gasteiger charge is -1.54. The fourth-order valence-corrected chi connectivity index (χ4v) is 0. The highest BCUT2D eigenvalue weighted by Crippen LogP contribution is 1.38. The van der Waals surface area contributed by atoms with Crippen LogP contribution in [0.5, 0.6) is 0 Å². The minimum absolute atomic E-state index is 1.00. The molecule has 0 aliphatic heterocycles. The molecule has 0 saturated heterocycles. The molecule has 0 aliphatic carbocycles. The molecule has 0 aromatic rings. The summed E-state index contributed by atoms with van der Waals surface area (Å²) in [5, 5.41) is 17.1. The van der Waals surface area contributed by atoms with E-state index in [1.165, 1.54) is 6.21 Å². The first kappa shape index (κ1) is 9.06. The van der Waals surface area contributed by atoms with E-state index in [1.807, 2.05) is 0 Å². The van der Waals surface area contributed by atoms with E-state index in [-0.39, 0.29) is 0 Å². The maximum absolute atomic E-state index is 7.44. The summed E-state index contributed by atoms with van der Waals surface area (Å²) in [7, 11) is 1.00. The molecule has 0 atom stereocenters. The molecule has 0 spiro atoms. The van der Waals surface area contributed by atoms with E-state index < -0.39 is 0 Å². The van der Waals surface area contributed by atoms with Crippen molar-refractivity contribution in [2.45, 2.75) is 6.92 Å². The molecule has 0 unspecified atom stereocenters. The fourth-order valence-electron chi connectivity index (χ4n) is 0. The molecule has 0 saturated carbocycles. The summed E-state index contributed by atoms with van der Waals surface area (Å²) in [5.74, 6) is 0. The molecule has 0 aliphatic rings. The minimum Gasteiger partial charge on any atom is -0.411 e. The molecule has 0 radical (unpaired) electrons. The van der Waals surface area contributed by atoms with Crippen LogP contribution in [0.2, 0.25) is 0 Å². The van der Waals surface area contributed by atoms with Crippen LogP contribution in [0.3, 0.4) is 0 Å². The average molecular weight is 91.1 g/mol. The zero-order chi connectivity index (χ0) is 5.41. The zero-order valence-electron chi connectivity index (χ0n) is 3.92. The second-order valence-electron chi connectivity index (χ2n) is 0.374. The van der Waals surface area contributed by atoms with Crippen LogP contribution < -0.4 is 0 Å². The molecule has 0 amide bonds. The normalized spacial score (nSPS) is 7.17. The van der Waals surface area contributed by atoms with Gasteiger partial charge in [-0.1, -0.05) is 0 Å². The number of oxime groups is 1. The van der Waals surface area contributed by atoms with Crippen molar-refractivity contribution >= 4 is 6.21 Å². The van der Waals surface area contributed by atoms with Crippen molar-refractivity contribution in [3.63, 3.8) is 0 Å². The van der Waals surface area contributed by atoms with Crippen LogP contribution in [0.1, 0.15) is 6.92 Å². The molecule has 0 heterocycles. The SMILES string of the molecule is CC=NO.CO. The van der Waals surface area contributed by atoms with E-state index >= 15 is 0 Å². The van der Waals surface area contributed by atoms with Crippen molar-refractivity contribution in [2.24, 2.45) is 5.16 Å². The van der Waals surface area contributed by atoms with Gasteiger partial charge < -0.3 is 10.3 Å². The average Bonchev–Trinajstić information content (AvgIpc) is 1.72. The van der Waals surface area contributed by atoms with Crippen molar-refractivity contribution in [1.82, 2.24) is 0 Å². The predicted octanol–water partition coefficient (Wildman–Crippen LogP) is 0.0748. The van der Waals surface area contributed by atoms with Crippen LogP contribution >= 0.6 is 0 Å². The summed E-state index contributed by atoms with van der Waals surface area (Å²) in [6.45, 7) is 1.64. The molecule has 3 nitrogen and oxygen atoms in total. The van der Waals surface area contributed by atoms with Crippen molar-refractivity contribution in [1.29, 1.82) is 0 Å². The van der Waals surface area contributed by atoms with Gasteiger partial charge >= 0.3 is 0 Å². The zero-order valence-corrected chi connectivity index (χ0v) is 3.92. The molecule has 0 bridgehead atoms. The van der Waals surface area contributed by atoms with Gasteiger partial charge in [0, 0.05) is 13.3 Å². The highest BCUT2D eigenvalue weighted by atomic mass is 16.4. The lowest BCUT2D eigenvalue weighted by molar-refractivity contribution is 0.321. The summed E-state index contributed by atoms with van der Waals surface area (Å²) >= 11 is 0. The first-order chi connectivity index (χ1) is 2.91. The quantitative estimate of drug-likeness (QED) is 0.252. The Morgan fingerprint density at radius 2 is 1.67 bits per heavy atom. The lowest BCUT2D eigenvalue weighted by Crippen LogP contribution is -1.49. The third kappa shape index (κ3) is 110. The summed E-state index contributed by atoms with van der Waals surface area (Å²) < 4.78 is 0. The summed E-state index contributed by atoms with van der Waals surface area (Å²) in [6.07, 6.45) is 1.31. The maximum Gasteiger partial charge on any atom is 0.0404 e. The Morgan fingerprint density at radius 3 is 1.67 bits per heavy atom. The molecule has 0 aromatic carbocycles. The van der Waals surface area contributed by atoms with Crippen LogP contribution in [-0.4, -0.2) is 23.6 Å². The van der Waals surface area contributed by atoms with Crippen LogP contribution in [0.4, 0.5) is 0 Å². The van der Waals surface area contributed by atoms with E-state index in [9.17, 15) is 0 Å². The van der Waals surface area contributed by atoms with E-state index in [2.05, 4.69) is 5.16 Å². The van der Waals surface area contributed by atoms with Gasteiger partial charge in [-0.25, -0.2) is 0 Å². The number of aliphatic hydroxyl groups excluding tert-OH is 1. The number of hydrogen-bond acceptors (Lipinski definition) is 3. The van der Waals surface area contributed by atoms with Gasteiger partial charge in [0.25, 0.3) is 0 Å². The Balaban J connectivity index is 0. The molecule has 3 heteroatoms. The van der Waals surface area contributed by atoms with Gasteiger partial charge in [-0.05, 0) is 6.92 Å². The van der Waals surface area contributed by atoms with Crippen LogP contribution in [-0.2, 0) is 0 Å². The molecule has 0 rings (SSSR count). The Hall–Kier alpha value is -0.570. The number of aliphatic hydroxyl groups is 1. The molecule has 2 N–H and O–H groups in total. The predicted molar refractivity (Wildman–Crippen MR) is 24.1 cm³/mol. The van der Waals surface area contributed by atoms with Gasteiger partial charge in [0.15, 0.2) is 0 Å². The van der Waals surface area contributed by atoms with E-state index in [4.69, 9.17) is 10.3 Å². The summed E-state index contributed by atoms with van der Waals surface area (Å²) in [6, 6.07) is 0. The highest BCUT2D eigenvalue weighted by Gasteiger charge is 1.34. The van der Waals surface area contributed by atoms with Crippen LogP contribution in [0, 0.1) is 0 Å². The van der Waals surface area contributed by atoms with Crippen molar-refractivity contribution < 1.29 is 10.3 Å². The van der Waals surface area contributed by atoms with Gasteiger partial charge in [0.2, 0.25) is 0 Å². The number of nitrogens with zero attached hydrogens (tertiary/aromatic N) is 1. The van der Waals surface area contributed by atoms with E-state index in [0.29, 0.717) is 0 Å². The van der Waals surface area contributed by atoms with Gasteiger partial charge in [0.1, 0.15) is 0 Å². The fraction of sp³-hybridized carbons (Fsp3) is 0.667. The number of rotatable bonds is 0. The largest absolute Gasteiger partial charge is 0.411 e. The Bertz CT molecular complexity index is 24.0. The van der Waals surface area contributed by atoms with E-state index in [1.54, 1.807) is 6.92 Å². The summed E-state index contributed by atoms with van der Waals surface area (Å²) in [4.78, 5) is 0. The van der Waals surface area contributed by atoms with Crippen molar-refractivity contribution in [3.8, 4) is 0 Å². The maximum atomic E-state index is 7.44. The van der Waals surface area contributed by atoms with Gasteiger partial charge in [-0.15, -0.1) is 5.16 Å². The second-order valence-corrected chi connectivity index (χ2v) is 0.374. The Labute approximate surface area is 36.9 Å². The van der Waals surface area contributed by atoms with Gasteiger partial charge in [-0.2, -0.15) is 0 Å². The van der Waals surface area contributed by atoms with Crippen LogP contribution in [0.15, 0.2) is 5.16 Å². The van der Waals surface area contributed by atoms with Gasteiger partial charge in [-0.3, -0.25) is 0 Å². The molecule has 38 valence electrons. The van der Waals surface area contributed by atoms with Gasteiger partial charge in [0.05, 0.1) is 0 Å². The Kier molecular flexibility index (Phi) is 38.5. The smallest absolute Gasteiger partial charge is 0.0404 e. The molecule has 0 fully saturated rings. The minimum atomic E-state index is 1.00. The van der Waals surface area contributed by atoms with Crippen LogP contribution in [0.25, 0.3) is 0 Å². The highest BCUT2D eigenvalue weighted by molar-refractivity contribution is 5.51. The number of hydrogen-bond donors (Lipinski definition) is 2. The summed E-state index contributed by atoms with van der Waals surface area (Å²) in [5.41, 5.74) is 0. The standard InChI is InChI=1S/C2H5NO.CH4O/c1-2-3-4;1-2/h2,4H,1H3;2H,1H3. The first-order valence-electron chi connectivity index (χ1n) is 1.48. The molecule has 6 heavy (non-hydrogen) atoms. The van der Waals surface area contributed by atoms with Crippen molar-refractivity contribution in [2.75, 3.05) is 7.11 Å². The molecular formula is C3H9NO2. The Morgan fingerprint density at radius 1 is 1.50 bits per heavy atom. The topological polar surface area (TPSA) is 52.8 Å². The monoisotopic (exact) mass is 91.1 g/mol. The van der Waals surface area contributed by atoms with Crippen molar-refractivity contribution in [3.05, 3.63) is 0 Å². The lowest BCUT2D eigenvalue weighted by atomic mass is 10.9.